The van der Waals surface area contributed by atoms with Crippen LogP contribution in [-0.2, 0) is 9.63 Å². The Hall–Kier alpha value is -3.49. The van der Waals surface area contributed by atoms with Gasteiger partial charge in [0.2, 0.25) is 11.8 Å². The van der Waals surface area contributed by atoms with Gasteiger partial charge in [-0.3, -0.25) is 14.6 Å². The minimum absolute atomic E-state index is 0.0120. The van der Waals surface area contributed by atoms with Crippen molar-refractivity contribution in [3.8, 4) is 18.0 Å². The van der Waals surface area contributed by atoms with Gasteiger partial charge in [-0.15, -0.1) is 0 Å². The molecule has 0 N–H and O–H groups in total. The van der Waals surface area contributed by atoms with Crippen LogP contribution in [-0.4, -0.2) is 34.2 Å². The molecule has 1 amide bonds. The second-order valence-corrected chi connectivity index (χ2v) is 7.95. The van der Waals surface area contributed by atoms with E-state index in [-0.39, 0.29) is 17.9 Å². The van der Waals surface area contributed by atoms with E-state index in [1.54, 1.807) is 24.4 Å². The Bertz CT molecular complexity index is 1000. The van der Waals surface area contributed by atoms with Crippen LogP contribution in [0, 0.1) is 34.5 Å². The molecule has 0 unspecified atom stereocenters. The summed E-state index contributed by atoms with van der Waals surface area (Å²) in [7, 11) is 0. The van der Waals surface area contributed by atoms with E-state index in [1.807, 2.05) is 6.07 Å². The highest BCUT2D eigenvalue weighted by molar-refractivity contribution is 5.78. The molecule has 0 aromatic carbocycles. The number of nitrogens with zero attached hydrogens (tertiary/aromatic N) is 5. The van der Waals surface area contributed by atoms with Gasteiger partial charge in [-0.05, 0) is 49.3 Å². The molecule has 31 heavy (non-hydrogen) atoms. The number of carbonyl (C=O) groups excluding carboxylic acids is 1. The molecule has 2 aliphatic rings. The summed E-state index contributed by atoms with van der Waals surface area (Å²) in [6.45, 7) is 1.03. The van der Waals surface area contributed by atoms with Gasteiger partial charge in [-0.1, -0.05) is 0 Å². The molecule has 1 aliphatic heterocycles. The predicted octanol–water partition coefficient (Wildman–Crippen LogP) is 3.31. The number of nitriles is 2. The van der Waals surface area contributed by atoms with Crippen LogP contribution in [0.25, 0.3) is 0 Å². The van der Waals surface area contributed by atoms with E-state index in [4.69, 9.17) is 20.1 Å². The zero-order valence-corrected chi connectivity index (χ0v) is 17.1. The molecule has 3 heterocycles. The molecule has 0 radical (unpaired) electrons. The number of pyridine rings is 2. The predicted molar refractivity (Wildman–Crippen MR) is 109 cm³/mol. The van der Waals surface area contributed by atoms with Crippen molar-refractivity contribution in [2.45, 2.75) is 38.1 Å². The topological polar surface area (TPSA) is 112 Å². The number of rotatable bonds is 5. The molecule has 0 spiro atoms. The van der Waals surface area contributed by atoms with Crippen molar-refractivity contribution in [1.29, 1.82) is 10.5 Å². The zero-order chi connectivity index (χ0) is 21.6. The van der Waals surface area contributed by atoms with Crippen molar-refractivity contribution in [3.05, 3.63) is 53.5 Å². The SMILES string of the molecule is N#Cc1ccc(OCC2CCC(C(=O)N3OCC[C@H]3c3cncc(C#N)c3)CC2)nc1. The molecule has 2 fully saturated rings. The molecule has 8 heteroatoms. The van der Waals surface area contributed by atoms with Gasteiger partial charge >= 0.3 is 0 Å². The minimum Gasteiger partial charge on any atom is -0.477 e. The van der Waals surface area contributed by atoms with Crippen LogP contribution in [0.4, 0.5) is 0 Å². The summed E-state index contributed by atoms with van der Waals surface area (Å²) in [5.41, 5.74) is 1.82. The molecular formula is C23H23N5O3. The first-order valence-corrected chi connectivity index (χ1v) is 10.5. The maximum atomic E-state index is 13.1. The molecule has 2 aromatic heterocycles. The Morgan fingerprint density at radius 3 is 2.61 bits per heavy atom. The highest BCUT2D eigenvalue weighted by Crippen LogP contribution is 2.36. The van der Waals surface area contributed by atoms with Crippen molar-refractivity contribution in [1.82, 2.24) is 15.0 Å². The van der Waals surface area contributed by atoms with E-state index in [2.05, 4.69) is 16.0 Å². The maximum absolute atomic E-state index is 13.1. The Morgan fingerprint density at radius 1 is 1.10 bits per heavy atom. The number of hydrogen-bond donors (Lipinski definition) is 0. The first-order chi connectivity index (χ1) is 15.2. The fourth-order valence-electron chi connectivity index (χ4n) is 4.18. The highest BCUT2D eigenvalue weighted by atomic mass is 16.7. The van der Waals surface area contributed by atoms with Crippen LogP contribution in [0.5, 0.6) is 5.88 Å². The molecule has 1 saturated carbocycles. The van der Waals surface area contributed by atoms with Crippen LogP contribution in [0.1, 0.15) is 54.8 Å². The molecule has 2 aromatic rings. The van der Waals surface area contributed by atoms with Gasteiger partial charge in [-0.25, -0.2) is 10.0 Å². The fourth-order valence-corrected chi connectivity index (χ4v) is 4.18. The molecule has 1 atom stereocenters. The van der Waals surface area contributed by atoms with Gasteiger partial charge in [0.1, 0.15) is 12.1 Å². The number of hydrogen-bond acceptors (Lipinski definition) is 7. The number of aromatic nitrogens is 2. The molecular weight excluding hydrogens is 394 g/mol. The van der Waals surface area contributed by atoms with Gasteiger partial charge in [0.25, 0.3) is 0 Å². The lowest BCUT2D eigenvalue weighted by Crippen LogP contribution is -2.37. The number of ether oxygens (including phenoxy) is 1. The summed E-state index contributed by atoms with van der Waals surface area (Å²) in [5, 5.41) is 19.4. The second-order valence-electron chi connectivity index (χ2n) is 7.95. The lowest BCUT2D eigenvalue weighted by atomic mass is 9.81. The van der Waals surface area contributed by atoms with Crippen molar-refractivity contribution in [3.63, 3.8) is 0 Å². The first-order valence-electron chi connectivity index (χ1n) is 10.5. The standard InChI is InChI=1S/C23H23N5O3/c24-10-17-3-6-22(27-13-17)30-15-16-1-4-19(5-2-16)23(29)28-21(7-8-31-28)20-9-18(11-25)12-26-14-20/h3,6,9,12-14,16,19,21H,1-2,4-5,7-8,15H2/t16?,19?,21-/m0/s1. The maximum Gasteiger partial charge on any atom is 0.249 e. The van der Waals surface area contributed by atoms with E-state index in [0.29, 0.717) is 42.6 Å². The summed E-state index contributed by atoms with van der Waals surface area (Å²) in [5.74, 6) is 0.821. The second kappa shape index (κ2) is 9.55. The minimum atomic E-state index is -0.197. The number of amides is 1. The van der Waals surface area contributed by atoms with E-state index in [9.17, 15) is 4.79 Å². The Labute approximate surface area is 181 Å². The summed E-state index contributed by atoms with van der Waals surface area (Å²) in [6.07, 6.45) is 8.79. The molecule has 158 valence electrons. The number of carbonyl (C=O) groups is 1. The molecule has 0 bridgehead atoms. The largest absolute Gasteiger partial charge is 0.477 e. The van der Waals surface area contributed by atoms with Crippen LogP contribution in [0.3, 0.4) is 0 Å². The molecule has 4 rings (SSSR count). The van der Waals surface area contributed by atoms with Gasteiger partial charge < -0.3 is 4.74 Å². The van der Waals surface area contributed by atoms with Crippen molar-refractivity contribution >= 4 is 5.91 Å². The third-order valence-corrected chi connectivity index (χ3v) is 5.92. The van der Waals surface area contributed by atoms with E-state index in [0.717, 1.165) is 31.2 Å². The summed E-state index contributed by atoms with van der Waals surface area (Å²) >= 11 is 0. The summed E-state index contributed by atoms with van der Waals surface area (Å²) in [6, 6.07) is 9.10. The van der Waals surface area contributed by atoms with Gasteiger partial charge in [-0.2, -0.15) is 10.5 Å². The first kappa shape index (κ1) is 20.8. The van der Waals surface area contributed by atoms with Gasteiger partial charge in [0.15, 0.2) is 0 Å². The van der Waals surface area contributed by atoms with E-state index in [1.165, 1.54) is 17.5 Å². The average Bonchev–Trinajstić information content (AvgIpc) is 3.33. The van der Waals surface area contributed by atoms with Crippen molar-refractivity contribution < 1.29 is 14.4 Å². The van der Waals surface area contributed by atoms with Crippen LogP contribution >= 0.6 is 0 Å². The summed E-state index contributed by atoms with van der Waals surface area (Å²) in [4.78, 5) is 27.1. The third kappa shape index (κ3) is 4.82. The highest BCUT2D eigenvalue weighted by Gasteiger charge is 2.37. The fraction of sp³-hybridized carbons (Fsp3) is 0.435. The van der Waals surface area contributed by atoms with E-state index >= 15 is 0 Å². The monoisotopic (exact) mass is 417 g/mol. The lowest BCUT2D eigenvalue weighted by molar-refractivity contribution is -0.183. The average molecular weight is 417 g/mol. The molecule has 1 saturated heterocycles. The molecule has 8 nitrogen and oxygen atoms in total. The van der Waals surface area contributed by atoms with Gasteiger partial charge in [0, 0.05) is 37.0 Å². The Kier molecular flexibility index (Phi) is 6.40. The van der Waals surface area contributed by atoms with Crippen LogP contribution in [0.15, 0.2) is 36.8 Å². The van der Waals surface area contributed by atoms with E-state index < -0.39 is 0 Å². The zero-order valence-electron chi connectivity index (χ0n) is 17.1. The third-order valence-electron chi connectivity index (χ3n) is 5.92. The van der Waals surface area contributed by atoms with Crippen molar-refractivity contribution in [2.75, 3.05) is 13.2 Å². The van der Waals surface area contributed by atoms with Crippen molar-refractivity contribution in [2.24, 2.45) is 11.8 Å². The van der Waals surface area contributed by atoms with Gasteiger partial charge in [0.05, 0.1) is 30.4 Å². The van der Waals surface area contributed by atoms with Crippen LogP contribution in [0.2, 0.25) is 0 Å². The van der Waals surface area contributed by atoms with Crippen LogP contribution < -0.4 is 4.74 Å². The summed E-state index contributed by atoms with van der Waals surface area (Å²) < 4.78 is 5.76. The quantitative estimate of drug-likeness (QED) is 0.733. The number of hydroxylamine groups is 2. The Balaban J connectivity index is 1.30. The normalized spacial score (nSPS) is 23.0. The smallest absolute Gasteiger partial charge is 0.249 e. The lowest BCUT2D eigenvalue weighted by Gasteiger charge is -2.31. The molecule has 1 aliphatic carbocycles. The Morgan fingerprint density at radius 2 is 1.90 bits per heavy atom.